The van der Waals surface area contributed by atoms with Gasteiger partial charge in [-0.1, -0.05) is 12.1 Å². The van der Waals surface area contributed by atoms with Crippen molar-refractivity contribution in [3.63, 3.8) is 0 Å². The molecule has 8 heteroatoms. The second kappa shape index (κ2) is 8.64. The molecule has 124 valence electrons. The van der Waals surface area contributed by atoms with Crippen LogP contribution in [0.15, 0.2) is 29.2 Å². The normalized spacial score (nSPS) is 16.0. The molecule has 0 aliphatic carbocycles. The van der Waals surface area contributed by atoms with E-state index in [0.717, 1.165) is 25.9 Å². The predicted molar refractivity (Wildman–Crippen MR) is 84.4 cm³/mol. The lowest BCUT2D eigenvalue weighted by Gasteiger charge is -2.22. The zero-order chi connectivity index (χ0) is 15.3. The molecule has 1 aromatic rings. The Kier molecular flexibility index (Phi) is 7.52. The van der Waals surface area contributed by atoms with Crippen molar-refractivity contribution >= 4 is 35.8 Å². The van der Waals surface area contributed by atoms with Gasteiger partial charge in [-0.2, -0.15) is 13.2 Å². The van der Waals surface area contributed by atoms with E-state index in [0.29, 0.717) is 12.3 Å². The third-order valence-corrected chi connectivity index (χ3v) is 4.13. The highest BCUT2D eigenvalue weighted by molar-refractivity contribution is 8.00. The van der Waals surface area contributed by atoms with Gasteiger partial charge in [0.1, 0.15) is 0 Å². The number of para-hydroxylation sites is 1. The maximum atomic E-state index is 12.5. The van der Waals surface area contributed by atoms with Crippen molar-refractivity contribution in [1.82, 2.24) is 5.32 Å². The molecule has 1 aliphatic heterocycles. The van der Waals surface area contributed by atoms with Gasteiger partial charge in [0.15, 0.2) is 0 Å². The molecule has 1 aliphatic rings. The second-order valence-electron chi connectivity index (χ2n) is 4.99. The zero-order valence-electron chi connectivity index (χ0n) is 11.8. The molecule has 0 spiro atoms. The van der Waals surface area contributed by atoms with Crippen LogP contribution in [0.4, 0.5) is 18.9 Å². The molecule has 0 bridgehead atoms. The molecule has 0 aromatic heterocycles. The summed E-state index contributed by atoms with van der Waals surface area (Å²) < 4.78 is 37.4. The van der Waals surface area contributed by atoms with Gasteiger partial charge < -0.3 is 10.6 Å². The highest BCUT2D eigenvalue weighted by Gasteiger charge is 2.30. The Hall–Kier alpha value is -0.920. The standard InChI is InChI=1S/C14H17F3N2OS.ClH/c15-14(16,17)21-12-4-2-1-3-11(12)19-13(20)9-10-5-7-18-8-6-10;/h1-4,10,18H,5-9H2,(H,19,20);1H. The van der Waals surface area contributed by atoms with Crippen molar-refractivity contribution in [1.29, 1.82) is 0 Å². The van der Waals surface area contributed by atoms with Crippen molar-refractivity contribution in [2.45, 2.75) is 29.7 Å². The number of hydrogen-bond acceptors (Lipinski definition) is 3. The monoisotopic (exact) mass is 354 g/mol. The van der Waals surface area contributed by atoms with Gasteiger partial charge in [-0.15, -0.1) is 12.4 Å². The van der Waals surface area contributed by atoms with Crippen LogP contribution in [0.25, 0.3) is 0 Å². The molecule has 1 heterocycles. The molecular weight excluding hydrogens is 337 g/mol. The minimum Gasteiger partial charge on any atom is -0.325 e. The molecule has 0 saturated carbocycles. The maximum absolute atomic E-state index is 12.5. The summed E-state index contributed by atoms with van der Waals surface area (Å²) in [4.78, 5) is 12.0. The third-order valence-electron chi connectivity index (χ3n) is 3.32. The summed E-state index contributed by atoms with van der Waals surface area (Å²) in [6, 6.07) is 5.99. The molecule has 22 heavy (non-hydrogen) atoms. The van der Waals surface area contributed by atoms with Gasteiger partial charge in [-0.05, 0) is 55.7 Å². The Bertz CT molecular complexity index is 493. The number of carbonyl (C=O) groups excluding carboxylic acids is 1. The summed E-state index contributed by atoms with van der Waals surface area (Å²) in [5, 5.41) is 5.81. The van der Waals surface area contributed by atoms with Crippen LogP contribution in [0.3, 0.4) is 0 Å². The Balaban J connectivity index is 0.00000242. The molecule has 1 fully saturated rings. The van der Waals surface area contributed by atoms with Gasteiger partial charge in [0, 0.05) is 11.3 Å². The van der Waals surface area contributed by atoms with E-state index in [9.17, 15) is 18.0 Å². The van der Waals surface area contributed by atoms with E-state index in [4.69, 9.17) is 0 Å². The first kappa shape index (κ1) is 19.1. The Labute approximate surface area is 137 Å². The van der Waals surface area contributed by atoms with Gasteiger partial charge in [0.2, 0.25) is 5.91 Å². The second-order valence-corrected chi connectivity index (χ2v) is 6.10. The maximum Gasteiger partial charge on any atom is 0.446 e. The van der Waals surface area contributed by atoms with Crippen molar-refractivity contribution in [2.75, 3.05) is 18.4 Å². The average Bonchev–Trinajstić information content (AvgIpc) is 2.40. The van der Waals surface area contributed by atoms with E-state index in [1.54, 1.807) is 6.07 Å². The van der Waals surface area contributed by atoms with Crippen LogP contribution in [-0.4, -0.2) is 24.5 Å². The molecule has 0 atom stereocenters. The summed E-state index contributed by atoms with van der Waals surface area (Å²) in [7, 11) is 0. The van der Waals surface area contributed by atoms with Gasteiger partial charge in [0.25, 0.3) is 0 Å². The van der Waals surface area contributed by atoms with Crippen molar-refractivity contribution < 1.29 is 18.0 Å². The summed E-state index contributed by atoms with van der Waals surface area (Å²) in [5.74, 6) is 0.0748. The number of amides is 1. The lowest BCUT2D eigenvalue weighted by molar-refractivity contribution is -0.117. The van der Waals surface area contributed by atoms with Crippen LogP contribution in [0, 0.1) is 5.92 Å². The predicted octanol–water partition coefficient (Wildman–Crippen LogP) is 4.05. The fourth-order valence-electron chi connectivity index (χ4n) is 2.33. The van der Waals surface area contributed by atoms with Gasteiger partial charge in [-0.3, -0.25) is 4.79 Å². The van der Waals surface area contributed by atoms with E-state index < -0.39 is 5.51 Å². The zero-order valence-corrected chi connectivity index (χ0v) is 13.4. The number of benzene rings is 1. The number of alkyl halides is 3. The molecule has 1 aromatic carbocycles. The minimum atomic E-state index is -4.37. The molecular formula is C14H18ClF3N2OS. The third kappa shape index (κ3) is 6.46. The summed E-state index contributed by atoms with van der Waals surface area (Å²) in [6.45, 7) is 1.77. The van der Waals surface area contributed by atoms with Crippen LogP contribution < -0.4 is 10.6 Å². The highest BCUT2D eigenvalue weighted by atomic mass is 35.5. The molecule has 2 N–H and O–H groups in total. The van der Waals surface area contributed by atoms with E-state index in [1.165, 1.54) is 18.2 Å². The smallest absolute Gasteiger partial charge is 0.325 e. The van der Waals surface area contributed by atoms with Crippen molar-refractivity contribution in [3.8, 4) is 0 Å². The van der Waals surface area contributed by atoms with Gasteiger partial charge >= 0.3 is 5.51 Å². The highest BCUT2D eigenvalue weighted by Crippen LogP contribution is 2.40. The van der Waals surface area contributed by atoms with Gasteiger partial charge in [-0.25, -0.2) is 0 Å². The molecule has 2 rings (SSSR count). The Morgan fingerprint density at radius 2 is 1.91 bits per heavy atom. The fraction of sp³-hybridized carbons (Fsp3) is 0.500. The van der Waals surface area contributed by atoms with Crippen molar-refractivity contribution in [3.05, 3.63) is 24.3 Å². The summed E-state index contributed by atoms with van der Waals surface area (Å²) in [5.41, 5.74) is -4.14. The van der Waals surface area contributed by atoms with E-state index >= 15 is 0 Å². The first-order valence-electron chi connectivity index (χ1n) is 6.79. The largest absolute Gasteiger partial charge is 0.446 e. The lowest BCUT2D eigenvalue weighted by atomic mass is 9.94. The van der Waals surface area contributed by atoms with Crippen LogP contribution in [0.1, 0.15) is 19.3 Å². The first-order valence-corrected chi connectivity index (χ1v) is 7.61. The number of thioether (sulfide) groups is 1. The Morgan fingerprint density at radius 1 is 1.27 bits per heavy atom. The Morgan fingerprint density at radius 3 is 2.55 bits per heavy atom. The lowest BCUT2D eigenvalue weighted by Crippen LogP contribution is -2.30. The molecule has 1 amide bonds. The van der Waals surface area contributed by atoms with Crippen LogP contribution in [-0.2, 0) is 4.79 Å². The minimum absolute atomic E-state index is 0. The molecule has 0 unspecified atom stereocenters. The van der Waals surface area contributed by atoms with E-state index in [2.05, 4.69) is 10.6 Å². The topological polar surface area (TPSA) is 41.1 Å². The van der Waals surface area contributed by atoms with E-state index in [-0.39, 0.29) is 40.7 Å². The number of anilines is 1. The summed E-state index contributed by atoms with van der Waals surface area (Å²) in [6.07, 6.45) is 2.20. The number of rotatable bonds is 4. The molecule has 0 radical (unpaired) electrons. The summed E-state index contributed by atoms with van der Waals surface area (Å²) >= 11 is -0.209. The first-order chi connectivity index (χ1) is 9.94. The number of piperidine rings is 1. The number of hydrogen-bond donors (Lipinski definition) is 2. The fourth-order valence-corrected chi connectivity index (χ4v) is 2.96. The molecule has 1 saturated heterocycles. The quantitative estimate of drug-likeness (QED) is 0.801. The van der Waals surface area contributed by atoms with E-state index in [1.807, 2.05) is 0 Å². The number of carbonyl (C=O) groups is 1. The van der Waals surface area contributed by atoms with Gasteiger partial charge in [0.05, 0.1) is 5.69 Å². The SMILES string of the molecule is Cl.O=C(CC1CCNCC1)Nc1ccccc1SC(F)(F)F. The number of nitrogens with one attached hydrogen (secondary N) is 2. The number of halogens is 4. The average molecular weight is 355 g/mol. The van der Waals surface area contributed by atoms with Crippen LogP contribution >= 0.6 is 24.2 Å². The van der Waals surface area contributed by atoms with Crippen molar-refractivity contribution in [2.24, 2.45) is 5.92 Å². The molecule has 3 nitrogen and oxygen atoms in total. The van der Waals surface area contributed by atoms with Crippen LogP contribution in [0.2, 0.25) is 0 Å². The van der Waals surface area contributed by atoms with Crippen LogP contribution in [0.5, 0.6) is 0 Å².